The third kappa shape index (κ3) is 2.27. The maximum Gasteiger partial charge on any atom is 0.332 e. The van der Waals surface area contributed by atoms with Crippen LogP contribution in [0.4, 0.5) is 0 Å². The Morgan fingerprint density at radius 2 is 2.55 bits per heavy atom. The zero-order chi connectivity index (χ0) is 8.32. The van der Waals surface area contributed by atoms with E-state index in [4.69, 9.17) is 4.52 Å². The van der Waals surface area contributed by atoms with Gasteiger partial charge in [0, 0.05) is 6.54 Å². The van der Waals surface area contributed by atoms with Crippen molar-refractivity contribution < 1.29 is 14.0 Å². The lowest BCUT2D eigenvalue weighted by molar-refractivity contribution is 0.265. The second-order valence-electron chi connectivity index (χ2n) is 2.63. The number of nitrogens with one attached hydrogen (secondary N) is 1. The van der Waals surface area contributed by atoms with Gasteiger partial charge in [0.1, 0.15) is 0 Å². The van der Waals surface area contributed by atoms with Gasteiger partial charge in [0.15, 0.2) is 0 Å². The lowest BCUT2D eigenvalue weighted by atomic mass is 10.4. The Bertz CT molecular complexity index is 167. The summed E-state index contributed by atoms with van der Waals surface area (Å²) in [5, 5.41) is 3.02. The van der Waals surface area contributed by atoms with E-state index in [1.165, 1.54) is 0 Å². The maximum absolute atomic E-state index is 11.3. The predicted octanol–water partition coefficient (Wildman–Crippen LogP) is 0.570. The molecular weight excluding hydrogens is 165 g/mol. The van der Waals surface area contributed by atoms with Crippen molar-refractivity contribution in [2.75, 3.05) is 19.7 Å². The Hall–Kier alpha value is 0.110. The van der Waals surface area contributed by atoms with Gasteiger partial charge in [-0.2, -0.15) is 0 Å². The second kappa shape index (κ2) is 3.68. The monoisotopic (exact) mass is 179 g/mol. The first-order chi connectivity index (χ1) is 5.17. The van der Waals surface area contributed by atoms with Crippen molar-refractivity contribution in [3.63, 3.8) is 0 Å². The van der Waals surface area contributed by atoms with E-state index >= 15 is 0 Å². The highest BCUT2D eigenvalue weighted by atomic mass is 31.2. The molecule has 0 aromatic carbocycles. The van der Waals surface area contributed by atoms with E-state index < -0.39 is 7.60 Å². The van der Waals surface area contributed by atoms with Crippen LogP contribution in [0.1, 0.15) is 13.3 Å². The fraction of sp³-hybridized carbons (Fsp3) is 1.00. The van der Waals surface area contributed by atoms with Crippen molar-refractivity contribution in [2.24, 2.45) is 0 Å². The van der Waals surface area contributed by atoms with Crippen molar-refractivity contribution in [1.82, 2.24) is 5.32 Å². The van der Waals surface area contributed by atoms with Gasteiger partial charge < -0.3 is 14.7 Å². The number of hydrogen-bond donors (Lipinski definition) is 2. The van der Waals surface area contributed by atoms with Crippen LogP contribution in [0.3, 0.4) is 0 Å². The van der Waals surface area contributed by atoms with Gasteiger partial charge in [-0.1, -0.05) is 0 Å². The molecule has 5 heteroatoms. The minimum absolute atomic E-state index is 0.192. The average Bonchev–Trinajstić information content (AvgIpc) is 2.37. The van der Waals surface area contributed by atoms with Crippen molar-refractivity contribution in [1.29, 1.82) is 0 Å². The molecular formula is C6H14NO3P. The van der Waals surface area contributed by atoms with E-state index in [-0.39, 0.29) is 5.66 Å². The van der Waals surface area contributed by atoms with Crippen LogP contribution in [0.2, 0.25) is 0 Å². The molecule has 0 aliphatic carbocycles. The van der Waals surface area contributed by atoms with E-state index in [9.17, 15) is 9.46 Å². The zero-order valence-corrected chi connectivity index (χ0v) is 7.51. The van der Waals surface area contributed by atoms with Crippen molar-refractivity contribution in [3.05, 3.63) is 0 Å². The molecule has 1 fully saturated rings. The molecule has 66 valence electrons. The molecule has 0 amide bonds. The van der Waals surface area contributed by atoms with Crippen LogP contribution in [0, 0.1) is 0 Å². The summed E-state index contributed by atoms with van der Waals surface area (Å²) in [6, 6.07) is 0. The van der Waals surface area contributed by atoms with E-state index in [1.807, 2.05) is 0 Å². The molecule has 1 heterocycles. The molecule has 0 spiro atoms. The summed E-state index contributed by atoms with van der Waals surface area (Å²) in [4.78, 5) is 9.31. The molecule has 2 unspecified atom stereocenters. The predicted molar refractivity (Wildman–Crippen MR) is 42.7 cm³/mol. The molecule has 0 radical (unpaired) electrons. The number of rotatable bonds is 3. The highest BCUT2D eigenvalue weighted by Gasteiger charge is 2.33. The Labute approximate surface area is 66.5 Å². The normalized spacial score (nSPS) is 30.2. The highest BCUT2D eigenvalue weighted by molar-refractivity contribution is 7.53. The smallest absolute Gasteiger partial charge is 0.324 e. The Balaban J connectivity index is 2.48. The molecule has 1 aliphatic rings. The molecule has 0 aromatic rings. The molecule has 0 bridgehead atoms. The molecule has 0 aromatic heterocycles. The highest BCUT2D eigenvalue weighted by Crippen LogP contribution is 2.49. The van der Waals surface area contributed by atoms with Gasteiger partial charge in [-0.25, -0.2) is 0 Å². The second-order valence-corrected chi connectivity index (χ2v) is 4.75. The number of hydrogen-bond acceptors (Lipinski definition) is 3. The molecule has 1 rings (SSSR count). The fourth-order valence-corrected chi connectivity index (χ4v) is 2.60. The minimum atomic E-state index is -3.30. The van der Waals surface area contributed by atoms with Crippen LogP contribution in [0.5, 0.6) is 0 Å². The third-order valence-corrected chi connectivity index (χ3v) is 3.80. The van der Waals surface area contributed by atoms with Crippen LogP contribution < -0.4 is 5.32 Å². The van der Waals surface area contributed by atoms with Crippen molar-refractivity contribution >= 4 is 7.60 Å². The van der Waals surface area contributed by atoms with Crippen LogP contribution in [-0.4, -0.2) is 30.2 Å². The molecule has 0 saturated carbocycles. The van der Waals surface area contributed by atoms with E-state index in [2.05, 4.69) is 5.32 Å². The SMILES string of the molecule is CCOP(=O)(O)C1CCNC1. The summed E-state index contributed by atoms with van der Waals surface area (Å²) in [5.74, 6) is 0. The van der Waals surface area contributed by atoms with Gasteiger partial charge in [-0.15, -0.1) is 0 Å². The van der Waals surface area contributed by atoms with Crippen LogP contribution >= 0.6 is 7.60 Å². The Morgan fingerprint density at radius 1 is 1.82 bits per heavy atom. The molecule has 4 nitrogen and oxygen atoms in total. The first kappa shape index (κ1) is 9.20. The molecule has 11 heavy (non-hydrogen) atoms. The lowest BCUT2D eigenvalue weighted by Gasteiger charge is -2.15. The van der Waals surface area contributed by atoms with Crippen molar-refractivity contribution in [3.8, 4) is 0 Å². The van der Waals surface area contributed by atoms with E-state index in [0.717, 1.165) is 13.0 Å². The summed E-state index contributed by atoms with van der Waals surface area (Å²) in [6.45, 7) is 3.46. The van der Waals surface area contributed by atoms with Gasteiger partial charge in [-0.05, 0) is 19.9 Å². The van der Waals surface area contributed by atoms with Gasteiger partial charge in [-0.3, -0.25) is 4.57 Å². The third-order valence-electron chi connectivity index (χ3n) is 1.81. The van der Waals surface area contributed by atoms with Crippen LogP contribution in [0.15, 0.2) is 0 Å². The van der Waals surface area contributed by atoms with Gasteiger partial charge in [0.25, 0.3) is 0 Å². The molecule has 1 aliphatic heterocycles. The summed E-state index contributed by atoms with van der Waals surface area (Å²) in [7, 11) is -3.30. The minimum Gasteiger partial charge on any atom is -0.324 e. The largest absolute Gasteiger partial charge is 0.332 e. The first-order valence-corrected chi connectivity index (χ1v) is 5.49. The van der Waals surface area contributed by atoms with Crippen LogP contribution in [-0.2, 0) is 9.09 Å². The molecule has 2 N–H and O–H groups in total. The summed E-state index contributed by atoms with van der Waals surface area (Å²) >= 11 is 0. The maximum atomic E-state index is 11.3. The topological polar surface area (TPSA) is 58.6 Å². The van der Waals surface area contributed by atoms with Gasteiger partial charge in [0.05, 0.1) is 12.3 Å². The van der Waals surface area contributed by atoms with Gasteiger partial charge in [0.2, 0.25) is 0 Å². The quantitative estimate of drug-likeness (QED) is 0.622. The van der Waals surface area contributed by atoms with Crippen LogP contribution in [0.25, 0.3) is 0 Å². The summed E-state index contributed by atoms with van der Waals surface area (Å²) in [6.07, 6.45) is 0.744. The molecule has 1 saturated heterocycles. The Kier molecular flexibility index (Phi) is 3.07. The van der Waals surface area contributed by atoms with Gasteiger partial charge >= 0.3 is 7.60 Å². The van der Waals surface area contributed by atoms with E-state index in [0.29, 0.717) is 13.2 Å². The fourth-order valence-electron chi connectivity index (χ4n) is 1.21. The lowest BCUT2D eigenvalue weighted by Crippen LogP contribution is -2.14. The summed E-state index contributed by atoms with van der Waals surface area (Å²) in [5.41, 5.74) is -0.192. The zero-order valence-electron chi connectivity index (χ0n) is 6.62. The Morgan fingerprint density at radius 3 is 3.00 bits per heavy atom. The summed E-state index contributed by atoms with van der Waals surface area (Å²) < 4.78 is 16.1. The standard InChI is InChI=1S/C6H14NO3P/c1-2-10-11(8,9)6-3-4-7-5-6/h6-7H,2-5H2,1H3,(H,8,9). The first-order valence-electron chi connectivity index (χ1n) is 3.84. The molecule has 2 atom stereocenters. The van der Waals surface area contributed by atoms with E-state index in [1.54, 1.807) is 6.92 Å². The average molecular weight is 179 g/mol. The van der Waals surface area contributed by atoms with Crippen molar-refractivity contribution in [2.45, 2.75) is 19.0 Å².